The van der Waals surface area contributed by atoms with E-state index in [1.165, 1.54) is 11.1 Å². The van der Waals surface area contributed by atoms with Crippen molar-refractivity contribution in [2.24, 2.45) is 0 Å². The number of benzene rings is 2. The van der Waals surface area contributed by atoms with Crippen LogP contribution in [0.25, 0.3) is 6.08 Å². The first-order valence-electron chi connectivity index (χ1n) is 11.8. The molecular weight excluding hydrogens is 408 g/mol. The van der Waals surface area contributed by atoms with Gasteiger partial charge in [-0.25, -0.2) is 4.98 Å². The van der Waals surface area contributed by atoms with Crippen LogP contribution < -0.4 is 9.64 Å². The Labute approximate surface area is 197 Å². The van der Waals surface area contributed by atoms with Gasteiger partial charge < -0.3 is 9.64 Å². The smallest absolute Gasteiger partial charge is 0.128 e. The maximum atomic E-state index is 5.30. The van der Waals surface area contributed by atoms with Gasteiger partial charge in [-0.2, -0.15) is 0 Å². The Morgan fingerprint density at radius 2 is 1.61 bits per heavy atom. The van der Waals surface area contributed by atoms with Crippen LogP contribution >= 0.6 is 0 Å². The molecule has 1 aliphatic rings. The highest BCUT2D eigenvalue weighted by Crippen LogP contribution is 2.17. The van der Waals surface area contributed by atoms with Crippen LogP contribution in [0.3, 0.4) is 0 Å². The SMILES string of the molecule is COc1ccc(CN(CCN2CCN(C/C=C/c3ccccc3)CC2)c2ccccn2)cc1. The van der Waals surface area contributed by atoms with E-state index in [-0.39, 0.29) is 0 Å². The maximum absolute atomic E-state index is 5.30. The van der Waals surface area contributed by atoms with E-state index in [9.17, 15) is 0 Å². The van der Waals surface area contributed by atoms with Crippen molar-refractivity contribution < 1.29 is 4.74 Å². The summed E-state index contributed by atoms with van der Waals surface area (Å²) in [6, 6.07) is 25.0. The van der Waals surface area contributed by atoms with E-state index in [0.29, 0.717) is 0 Å². The molecule has 1 fully saturated rings. The van der Waals surface area contributed by atoms with Crippen molar-refractivity contribution in [3.63, 3.8) is 0 Å². The summed E-state index contributed by atoms with van der Waals surface area (Å²) in [6.45, 7) is 8.29. The van der Waals surface area contributed by atoms with E-state index in [1.54, 1.807) is 7.11 Å². The van der Waals surface area contributed by atoms with Gasteiger partial charge in [0, 0.05) is 58.6 Å². The van der Waals surface area contributed by atoms with E-state index in [2.05, 4.69) is 86.4 Å². The van der Waals surface area contributed by atoms with Gasteiger partial charge in [-0.05, 0) is 35.4 Å². The molecule has 0 amide bonds. The molecule has 0 saturated carbocycles. The molecule has 0 aliphatic carbocycles. The van der Waals surface area contributed by atoms with Crippen LogP contribution in [0, 0.1) is 0 Å². The number of rotatable bonds is 10. The molecule has 2 aromatic carbocycles. The average Bonchev–Trinajstić information content (AvgIpc) is 2.89. The zero-order valence-corrected chi connectivity index (χ0v) is 19.5. The average molecular weight is 443 g/mol. The minimum Gasteiger partial charge on any atom is -0.497 e. The summed E-state index contributed by atoms with van der Waals surface area (Å²) in [5.74, 6) is 1.91. The second kappa shape index (κ2) is 12.2. The summed E-state index contributed by atoms with van der Waals surface area (Å²) < 4.78 is 5.30. The molecule has 0 bridgehead atoms. The summed E-state index contributed by atoms with van der Waals surface area (Å²) in [5, 5.41) is 0. The maximum Gasteiger partial charge on any atom is 0.128 e. The fourth-order valence-electron chi connectivity index (χ4n) is 4.13. The predicted octanol–water partition coefficient (Wildman–Crippen LogP) is 4.43. The fraction of sp³-hybridized carbons (Fsp3) is 0.321. The van der Waals surface area contributed by atoms with Crippen molar-refractivity contribution in [2.45, 2.75) is 6.54 Å². The zero-order valence-electron chi connectivity index (χ0n) is 19.5. The Morgan fingerprint density at radius 1 is 0.879 bits per heavy atom. The van der Waals surface area contributed by atoms with Gasteiger partial charge in [0.1, 0.15) is 11.6 Å². The highest BCUT2D eigenvalue weighted by Gasteiger charge is 2.17. The van der Waals surface area contributed by atoms with Gasteiger partial charge in [-0.15, -0.1) is 0 Å². The van der Waals surface area contributed by atoms with Gasteiger partial charge in [0.15, 0.2) is 0 Å². The number of aromatic nitrogens is 1. The van der Waals surface area contributed by atoms with Gasteiger partial charge in [0.2, 0.25) is 0 Å². The third-order valence-electron chi connectivity index (χ3n) is 6.13. The highest BCUT2D eigenvalue weighted by atomic mass is 16.5. The zero-order chi connectivity index (χ0) is 22.7. The first-order chi connectivity index (χ1) is 16.3. The van der Waals surface area contributed by atoms with Gasteiger partial charge in [0.25, 0.3) is 0 Å². The number of pyridine rings is 1. The van der Waals surface area contributed by atoms with Gasteiger partial charge >= 0.3 is 0 Å². The Morgan fingerprint density at radius 3 is 2.30 bits per heavy atom. The Hall–Kier alpha value is -3.15. The molecule has 1 aliphatic heterocycles. The number of hydrogen-bond acceptors (Lipinski definition) is 5. The Kier molecular flexibility index (Phi) is 8.50. The van der Waals surface area contributed by atoms with Crippen LogP contribution in [0.5, 0.6) is 5.75 Å². The Bertz CT molecular complexity index is 968. The van der Waals surface area contributed by atoms with Crippen molar-refractivity contribution in [3.8, 4) is 5.75 Å². The van der Waals surface area contributed by atoms with Crippen molar-refractivity contribution in [3.05, 3.63) is 96.2 Å². The summed E-state index contributed by atoms with van der Waals surface area (Å²) in [4.78, 5) is 12.1. The van der Waals surface area contributed by atoms with E-state index in [4.69, 9.17) is 4.74 Å². The number of piperazine rings is 1. The molecule has 0 spiro atoms. The number of ether oxygens (including phenoxy) is 1. The van der Waals surface area contributed by atoms with E-state index >= 15 is 0 Å². The quantitative estimate of drug-likeness (QED) is 0.464. The third kappa shape index (κ3) is 7.17. The molecule has 5 heteroatoms. The van der Waals surface area contributed by atoms with Crippen molar-refractivity contribution >= 4 is 11.9 Å². The third-order valence-corrected chi connectivity index (χ3v) is 6.13. The van der Waals surface area contributed by atoms with Crippen LogP contribution in [0.15, 0.2) is 85.1 Å². The molecule has 172 valence electrons. The normalized spacial score (nSPS) is 15.1. The van der Waals surface area contributed by atoms with Crippen molar-refractivity contribution in [2.75, 3.05) is 57.8 Å². The molecule has 33 heavy (non-hydrogen) atoms. The van der Waals surface area contributed by atoms with Gasteiger partial charge in [-0.3, -0.25) is 9.80 Å². The lowest BCUT2D eigenvalue weighted by Crippen LogP contribution is -2.48. The van der Waals surface area contributed by atoms with Gasteiger partial charge in [0.05, 0.1) is 7.11 Å². The molecule has 5 nitrogen and oxygen atoms in total. The number of anilines is 1. The summed E-state index contributed by atoms with van der Waals surface area (Å²) >= 11 is 0. The second-order valence-corrected chi connectivity index (χ2v) is 8.41. The van der Waals surface area contributed by atoms with Crippen LogP contribution in [0.1, 0.15) is 11.1 Å². The molecule has 0 radical (unpaired) electrons. The lowest BCUT2D eigenvalue weighted by molar-refractivity contribution is 0.145. The first-order valence-corrected chi connectivity index (χ1v) is 11.8. The lowest BCUT2D eigenvalue weighted by Gasteiger charge is -2.35. The van der Waals surface area contributed by atoms with E-state index < -0.39 is 0 Å². The van der Waals surface area contributed by atoms with E-state index in [0.717, 1.165) is 63.9 Å². The van der Waals surface area contributed by atoms with Crippen molar-refractivity contribution in [1.29, 1.82) is 0 Å². The molecule has 1 aromatic heterocycles. The highest BCUT2D eigenvalue weighted by molar-refractivity contribution is 5.48. The molecular formula is C28H34N4O. The minimum atomic E-state index is 0.839. The minimum absolute atomic E-state index is 0.839. The summed E-state index contributed by atoms with van der Waals surface area (Å²) in [6.07, 6.45) is 6.37. The van der Waals surface area contributed by atoms with Gasteiger partial charge in [-0.1, -0.05) is 60.7 Å². The van der Waals surface area contributed by atoms with Crippen molar-refractivity contribution in [1.82, 2.24) is 14.8 Å². The molecule has 3 aromatic rings. The number of methoxy groups -OCH3 is 1. The van der Waals surface area contributed by atoms with Crippen LogP contribution in [-0.4, -0.2) is 67.7 Å². The van der Waals surface area contributed by atoms with Crippen LogP contribution in [-0.2, 0) is 6.54 Å². The predicted molar refractivity (Wildman–Crippen MR) is 137 cm³/mol. The fourth-order valence-corrected chi connectivity index (χ4v) is 4.13. The van der Waals surface area contributed by atoms with E-state index in [1.807, 2.05) is 24.4 Å². The number of hydrogen-bond donors (Lipinski definition) is 0. The molecule has 0 atom stereocenters. The lowest BCUT2D eigenvalue weighted by atomic mass is 10.2. The molecule has 1 saturated heterocycles. The number of nitrogens with zero attached hydrogens (tertiary/aromatic N) is 4. The summed E-state index contributed by atoms with van der Waals surface area (Å²) in [5.41, 5.74) is 2.53. The topological polar surface area (TPSA) is 31.8 Å². The summed E-state index contributed by atoms with van der Waals surface area (Å²) in [7, 11) is 1.70. The monoisotopic (exact) mass is 442 g/mol. The standard InChI is InChI=1S/C28H34N4O/c1-33-27-14-12-26(13-15-27)24-32(28-11-5-6-16-29-28)23-22-31-20-18-30(19-21-31)17-7-10-25-8-3-2-4-9-25/h2-16H,17-24H2,1H3/b10-7+. The first kappa shape index (κ1) is 23.0. The largest absolute Gasteiger partial charge is 0.497 e. The Balaban J connectivity index is 1.27. The molecule has 0 N–H and O–H groups in total. The second-order valence-electron chi connectivity index (χ2n) is 8.41. The molecule has 4 rings (SSSR count). The molecule has 0 unspecified atom stereocenters. The van der Waals surface area contributed by atoms with Crippen LogP contribution in [0.4, 0.5) is 5.82 Å². The molecule has 2 heterocycles. The van der Waals surface area contributed by atoms with Crippen LogP contribution in [0.2, 0.25) is 0 Å².